The highest BCUT2D eigenvalue weighted by Gasteiger charge is 2.25. The minimum Gasteiger partial charge on any atom is -0.497 e. The van der Waals surface area contributed by atoms with E-state index in [9.17, 15) is 4.79 Å². The van der Waals surface area contributed by atoms with Gasteiger partial charge in [-0.05, 0) is 49.9 Å². The Hall–Kier alpha value is -2.54. The van der Waals surface area contributed by atoms with Crippen molar-refractivity contribution in [3.05, 3.63) is 41.7 Å². The summed E-state index contributed by atoms with van der Waals surface area (Å²) < 4.78 is 12.4. The standard InChI is InChI=1S/C20H28N4O3/c1-3-27-19(25)18-13-22-20(23-10-8-15(12-21)9-11-23)24(18)14-16-4-6-17(26-2)7-5-16/h4-7,13,15H,3,8-12,14,21H2,1-2H3. The molecule has 0 aliphatic carbocycles. The topological polar surface area (TPSA) is 82.6 Å². The molecule has 2 heterocycles. The molecule has 0 spiro atoms. The van der Waals surface area contributed by atoms with Gasteiger partial charge in [-0.25, -0.2) is 9.78 Å². The number of hydrogen-bond acceptors (Lipinski definition) is 6. The molecule has 0 atom stereocenters. The van der Waals surface area contributed by atoms with E-state index in [1.807, 2.05) is 28.8 Å². The van der Waals surface area contributed by atoms with E-state index in [1.165, 1.54) is 0 Å². The third kappa shape index (κ3) is 4.42. The van der Waals surface area contributed by atoms with Crippen LogP contribution in [0.4, 0.5) is 5.95 Å². The van der Waals surface area contributed by atoms with Gasteiger partial charge in [-0.15, -0.1) is 0 Å². The number of aromatic nitrogens is 2. The Morgan fingerprint density at radius 1 is 1.26 bits per heavy atom. The van der Waals surface area contributed by atoms with Gasteiger partial charge in [0.15, 0.2) is 0 Å². The van der Waals surface area contributed by atoms with Crippen LogP contribution in [0.2, 0.25) is 0 Å². The van der Waals surface area contributed by atoms with E-state index < -0.39 is 0 Å². The number of nitrogens with zero attached hydrogens (tertiary/aromatic N) is 3. The molecule has 0 amide bonds. The van der Waals surface area contributed by atoms with Gasteiger partial charge >= 0.3 is 5.97 Å². The van der Waals surface area contributed by atoms with Crippen LogP contribution in [0, 0.1) is 5.92 Å². The number of hydrogen-bond donors (Lipinski definition) is 1. The zero-order valence-corrected chi connectivity index (χ0v) is 16.1. The van der Waals surface area contributed by atoms with Crippen molar-refractivity contribution in [1.29, 1.82) is 0 Å². The van der Waals surface area contributed by atoms with Gasteiger partial charge < -0.3 is 24.7 Å². The molecule has 0 unspecified atom stereocenters. The van der Waals surface area contributed by atoms with Gasteiger partial charge in [0.1, 0.15) is 11.4 Å². The fourth-order valence-electron chi connectivity index (χ4n) is 3.42. The Kier molecular flexibility index (Phi) is 6.34. The van der Waals surface area contributed by atoms with E-state index >= 15 is 0 Å². The molecule has 1 aromatic carbocycles. The van der Waals surface area contributed by atoms with E-state index in [-0.39, 0.29) is 5.97 Å². The van der Waals surface area contributed by atoms with E-state index in [4.69, 9.17) is 15.2 Å². The number of carbonyl (C=O) groups is 1. The largest absolute Gasteiger partial charge is 0.497 e. The van der Waals surface area contributed by atoms with E-state index in [1.54, 1.807) is 20.2 Å². The molecule has 7 nitrogen and oxygen atoms in total. The predicted octanol–water partition coefficient (Wildman–Crippen LogP) is 2.29. The second-order valence-corrected chi connectivity index (χ2v) is 6.76. The van der Waals surface area contributed by atoms with Gasteiger partial charge in [-0.1, -0.05) is 12.1 Å². The number of nitrogens with two attached hydrogens (primary N) is 1. The van der Waals surface area contributed by atoms with Crippen molar-refractivity contribution in [2.75, 3.05) is 38.3 Å². The highest BCUT2D eigenvalue weighted by molar-refractivity contribution is 5.88. The highest BCUT2D eigenvalue weighted by Crippen LogP contribution is 2.25. The summed E-state index contributed by atoms with van der Waals surface area (Å²) in [6, 6.07) is 7.84. The quantitative estimate of drug-likeness (QED) is 0.751. The van der Waals surface area contributed by atoms with Gasteiger partial charge in [0.25, 0.3) is 0 Å². The molecule has 27 heavy (non-hydrogen) atoms. The molecule has 1 saturated heterocycles. The summed E-state index contributed by atoms with van der Waals surface area (Å²) in [7, 11) is 1.65. The van der Waals surface area contributed by atoms with Crippen LogP contribution in [-0.2, 0) is 11.3 Å². The lowest BCUT2D eigenvalue weighted by molar-refractivity contribution is 0.0514. The molecule has 1 fully saturated rings. The number of benzene rings is 1. The van der Waals surface area contributed by atoms with Crippen LogP contribution in [-0.4, -0.2) is 48.9 Å². The predicted molar refractivity (Wildman–Crippen MR) is 104 cm³/mol. The Morgan fingerprint density at radius 2 is 1.96 bits per heavy atom. The summed E-state index contributed by atoms with van der Waals surface area (Å²) >= 11 is 0. The highest BCUT2D eigenvalue weighted by atomic mass is 16.5. The molecule has 2 aromatic rings. The third-order valence-electron chi connectivity index (χ3n) is 5.05. The number of imidazole rings is 1. The molecule has 2 N–H and O–H groups in total. The molecule has 3 rings (SSSR count). The number of carbonyl (C=O) groups excluding carboxylic acids is 1. The number of anilines is 1. The van der Waals surface area contributed by atoms with Gasteiger partial charge in [0.05, 0.1) is 26.5 Å². The second-order valence-electron chi connectivity index (χ2n) is 6.76. The molecule has 0 bridgehead atoms. The van der Waals surface area contributed by atoms with Crippen molar-refractivity contribution in [3.63, 3.8) is 0 Å². The first-order valence-electron chi connectivity index (χ1n) is 9.46. The lowest BCUT2D eigenvalue weighted by Crippen LogP contribution is -2.37. The van der Waals surface area contributed by atoms with E-state index in [2.05, 4.69) is 9.88 Å². The van der Waals surface area contributed by atoms with Crippen LogP contribution < -0.4 is 15.4 Å². The van der Waals surface area contributed by atoms with Gasteiger partial charge in [-0.3, -0.25) is 0 Å². The summed E-state index contributed by atoms with van der Waals surface area (Å²) in [5.41, 5.74) is 7.35. The molecular formula is C20H28N4O3. The number of rotatable bonds is 7. The first kappa shape index (κ1) is 19.2. The van der Waals surface area contributed by atoms with Gasteiger partial charge in [0.2, 0.25) is 5.95 Å². The van der Waals surface area contributed by atoms with E-state index in [0.717, 1.165) is 49.7 Å². The first-order valence-corrected chi connectivity index (χ1v) is 9.46. The smallest absolute Gasteiger partial charge is 0.356 e. The Morgan fingerprint density at radius 3 is 2.56 bits per heavy atom. The first-order chi connectivity index (χ1) is 13.2. The maximum absolute atomic E-state index is 12.4. The fourth-order valence-corrected chi connectivity index (χ4v) is 3.42. The summed E-state index contributed by atoms with van der Waals surface area (Å²) in [5.74, 6) is 1.83. The molecule has 1 aliphatic heterocycles. The van der Waals surface area contributed by atoms with Crippen LogP contribution >= 0.6 is 0 Å². The minimum atomic E-state index is -0.346. The Balaban J connectivity index is 1.87. The van der Waals surface area contributed by atoms with Crippen LogP contribution in [0.3, 0.4) is 0 Å². The summed E-state index contributed by atoms with van der Waals surface area (Å²) in [4.78, 5) is 19.2. The maximum atomic E-state index is 12.4. The van der Waals surface area contributed by atoms with Gasteiger partial charge in [-0.2, -0.15) is 0 Å². The number of piperidine rings is 1. The lowest BCUT2D eigenvalue weighted by atomic mass is 9.97. The van der Waals surface area contributed by atoms with Crippen LogP contribution in [0.5, 0.6) is 5.75 Å². The van der Waals surface area contributed by atoms with Crippen molar-refractivity contribution in [2.24, 2.45) is 11.7 Å². The zero-order chi connectivity index (χ0) is 19.2. The van der Waals surface area contributed by atoms with Crippen molar-refractivity contribution >= 4 is 11.9 Å². The zero-order valence-electron chi connectivity index (χ0n) is 16.1. The Bertz CT molecular complexity index is 749. The van der Waals surface area contributed by atoms with E-state index in [0.29, 0.717) is 24.8 Å². The van der Waals surface area contributed by atoms with Crippen LogP contribution in [0.15, 0.2) is 30.5 Å². The minimum absolute atomic E-state index is 0.337. The summed E-state index contributed by atoms with van der Waals surface area (Å²) in [6.07, 6.45) is 3.70. The fraction of sp³-hybridized carbons (Fsp3) is 0.500. The summed E-state index contributed by atoms with van der Waals surface area (Å²) in [5, 5.41) is 0. The van der Waals surface area contributed by atoms with Crippen LogP contribution in [0.1, 0.15) is 35.8 Å². The molecular weight excluding hydrogens is 344 g/mol. The molecule has 1 aliphatic rings. The average Bonchev–Trinajstić information content (AvgIpc) is 3.12. The maximum Gasteiger partial charge on any atom is 0.356 e. The molecule has 1 aromatic heterocycles. The van der Waals surface area contributed by atoms with Crippen molar-refractivity contribution in [3.8, 4) is 5.75 Å². The van der Waals surface area contributed by atoms with Crippen molar-refractivity contribution in [2.45, 2.75) is 26.3 Å². The molecule has 146 valence electrons. The lowest BCUT2D eigenvalue weighted by Gasteiger charge is -2.32. The van der Waals surface area contributed by atoms with Crippen LogP contribution in [0.25, 0.3) is 0 Å². The van der Waals surface area contributed by atoms with Gasteiger partial charge in [0, 0.05) is 13.1 Å². The number of methoxy groups -OCH3 is 1. The molecule has 7 heteroatoms. The summed E-state index contributed by atoms with van der Waals surface area (Å²) in [6.45, 7) is 5.20. The Labute approximate surface area is 160 Å². The normalized spacial score (nSPS) is 15.0. The van der Waals surface area contributed by atoms with Crippen molar-refractivity contribution < 1.29 is 14.3 Å². The number of esters is 1. The number of ether oxygens (including phenoxy) is 2. The molecule has 0 saturated carbocycles. The third-order valence-corrected chi connectivity index (χ3v) is 5.05. The second kappa shape index (κ2) is 8.90. The van der Waals surface area contributed by atoms with Crippen molar-refractivity contribution in [1.82, 2.24) is 9.55 Å². The SMILES string of the molecule is CCOC(=O)c1cnc(N2CCC(CN)CC2)n1Cc1ccc(OC)cc1. The molecule has 0 radical (unpaired) electrons. The average molecular weight is 372 g/mol. The monoisotopic (exact) mass is 372 g/mol.